The fourth-order valence-electron chi connectivity index (χ4n) is 1.20. The lowest BCUT2D eigenvalue weighted by atomic mass is 10.4. The molecule has 0 unspecified atom stereocenters. The Balaban J connectivity index is 2.67. The van der Waals surface area contributed by atoms with E-state index in [9.17, 15) is 4.79 Å². The standard InChI is InChI=1S/C9H15N3O3/c1-14-5-3-4-12-6-11-7(8(12)10)9(13)15-2/h6H,3-5,10H2,1-2H3. The zero-order valence-corrected chi connectivity index (χ0v) is 8.90. The highest BCUT2D eigenvalue weighted by molar-refractivity contribution is 5.91. The predicted octanol–water partition coefficient (Wildman–Crippen LogP) is 0.288. The van der Waals surface area contributed by atoms with Crippen LogP contribution >= 0.6 is 0 Å². The summed E-state index contributed by atoms with van der Waals surface area (Å²) >= 11 is 0. The molecule has 0 amide bonds. The maximum Gasteiger partial charge on any atom is 0.360 e. The van der Waals surface area contributed by atoms with Crippen LogP contribution < -0.4 is 5.73 Å². The van der Waals surface area contributed by atoms with E-state index in [1.807, 2.05) is 0 Å². The summed E-state index contributed by atoms with van der Waals surface area (Å²) < 4.78 is 11.1. The summed E-state index contributed by atoms with van der Waals surface area (Å²) in [5.74, 6) is -0.184. The zero-order chi connectivity index (χ0) is 11.3. The second-order valence-corrected chi connectivity index (χ2v) is 3.01. The fraction of sp³-hybridized carbons (Fsp3) is 0.556. The molecule has 1 rings (SSSR count). The Labute approximate surface area is 88.0 Å². The van der Waals surface area contributed by atoms with Crippen molar-refractivity contribution in [1.82, 2.24) is 9.55 Å². The number of ether oxygens (including phenoxy) is 2. The van der Waals surface area contributed by atoms with Gasteiger partial charge in [0.2, 0.25) is 0 Å². The van der Waals surface area contributed by atoms with Gasteiger partial charge in [-0.2, -0.15) is 0 Å². The number of hydrogen-bond acceptors (Lipinski definition) is 5. The molecule has 0 fully saturated rings. The normalized spacial score (nSPS) is 10.3. The molecule has 0 aliphatic heterocycles. The number of rotatable bonds is 5. The highest BCUT2D eigenvalue weighted by Gasteiger charge is 2.15. The number of aromatic nitrogens is 2. The maximum atomic E-state index is 11.2. The van der Waals surface area contributed by atoms with Crippen LogP contribution in [0.15, 0.2) is 6.33 Å². The number of hydrogen-bond donors (Lipinski definition) is 1. The molecule has 0 spiro atoms. The number of esters is 1. The largest absolute Gasteiger partial charge is 0.464 e. The van der Waals surface area contributed by atoms with Crippen LogP contribution in [-0.2, 0) is 16.0 Å². The van der Waals surface area contributed by atoms with E-state index < -0.39 is 5.97 Å². The van der Waals surface area contributed by atoms with E-state index >= 15 is 0 Å². The van der Waals surface area contributed by atoms with Crippen molar-refractivity contribution in [2.24, 2.45) is 0 Å². The average molecular weight is 213 g/mol. The van der Waals surface area contributed by atoms with Crippen LogP contribution in [0.2, 0.25) is 0 Å². The number of carbonyl (C=O) groups excluding carboxylic acids is 1. The third kappa shape index (κ3) is 2.69. The summed E-state index contributed by atoms with van der Waals surface area (Å²) in [5, 5.41) is 0. The third-order valence-electron chi connectivity index (χ3n) is 2.00. The van der Waals surface area contributed by atoms with Gasteiger partial charge in [-0.15, -0.1) is 0 Å². The van der Waals surface area contributed by atoms with Crippen LogP contribution in [0.1, 0.15) is 16.9 Å². The van der Waals surface area contributed by atoms with Crippen molar-refractivity contribution < 1.29 is 14.3 Å². The predicted molar refractivity (Wildman–Crippen MR) is 54.5 cm³/mol. The van der Waals surface area contributed by atoms with E-state index in [0.717, 1.165) is 6.42 Å². The van der Waals surface area contributed by atoms with Gasteiger partial charge in [0.1, 0.15) is 5.82 Å². The minimum Gasteiger partial charge on any atom is -0.464 e. The van der Waals surface area contributed by atoms with Gasteiger partial charge in [0, 0.05) is 20.3 Å². The molecule has 1 aromatic heterocycles. The maximum absolute atomic E-state index is 11.2. The number of nitrogen functional groups attached to an aromatic ring is 1. The quantitative estimate of drug-likeness (QED) is 0.561. The molecule has 0 radical (unpaired) electrons. The zero-order valence-electron chi connectivity index (χ0n) is 8.90. The molecular weight excluding hydrogens is 198 g/mol. The Morgan fingerprint density at radius 2 is 2.33 bits per heavy atom. The van der Waals surface area contributed by atoms with Crippen molar-refractivity contribution in [3.63, 3.8) is 0 Å². The van der Waals surface area contributed by atoms with E-state index in [1.165, 1.54) is 13.4 Å². The molecule has 15 heavy (non-hydrogen) atoms. The summed E-state index contributed by atoms with van der Waals surface area (Å²) in [7, 11) is 2.93. The van der Waals surface area contributed by atoms with E-state index in [2.05, 4.69) is 9.72 Å². The van der Waals surface area contributed by atoms with E-state index in [-0.39, 0.29) is 5.69 Å². The summed E-state index contributed by atoms with van der Waals surface area (Å²) in [6.45, 7) is 1.31. The summed E-state index contributed by atoms with van der Waals surface area (Å²) in [4.78, 5) is 15.1. The minimum absolute atomic E-state index is 0.162. The first-order chi connectivity index (χ1) is 7.20. The van der Waals surface area contributed by atoms with E-state index in [4.69, 9.17) is 10.5 Å². The van der Waals surface area contributed by atoms with Gasteiger partial charge in [0.15, 0.2) is 5.69 Å². The Hall–Kier alpha value is -1.56. The number of methoxy groups -OCH3 is 2. The molecule has 84 valence electrons. The third-order valence-corrected chi connectivity index (χ3v) is 2.00. The summed E-state index contributed by atoms with van der Waals surface area (Å²) in [6, 6.07) is 0. The number of nitrogens with two attached hydrogens (primary N) is 1. The molecule has 0 aliphatic rings. The van der Waals surface area contributed by atoms with Crippen LogP contribution in [-0.4, -0.2) is 36.3 Å². The lowest BCUT2D eigenvalue weighted by Crippen LogP contribution is -2.09. The second-order valence-electron chi connectivity index (χ2n) is 3.01. The highest BCUT2D eigenvalue weighted by Crippen LogP contribution is 2.11. The number of anilines is 1. The SMILES string of the molecule is COCCCn1cnc(C(=O)OC)c1N. The van der Waals surface area contributed by atoms with Crippen LogP contribution in [0.5, 0.6) is 0 Å². The fourth-order valence-corrected chi connectivity index (χ4v) is 1.20. The van der Waals surface area contributed by atoms with Gasteiger partial charge in [-0.25, -0.2) is 9.78 Å². The van der Waals surface area contributed by atoms with Gasteiger partial charge in [-0.05, 0) is 6.42 Å². The number of carbonyl (C=O) groups is 1. The number of aryl methyl sites for hydroxylation is 1. The van der Waals surface area contributed by atoms with Crippen molar-refractivity contribution >= 4 is 11.8 Å². The van der Waals surface area contributed by atoms with E-state index in [1.54, 1.807) is 11.7 Å². The van der Waals surface area contributed by atoms with Crippen LogP contribution in [0, 0.1) is 0 Å². The molecule has 0 bridgehead atoms. The molecule has 6 nitrogen and oxygen atoms in total. The van der Waals surface area contributed by atoms with Gasteiger partial charge in [-0.3, -0.25) is 0 Å². The molecule has 0 saturated carbocycles. The Bertz CT molecular complexity index is 335. The molecule has 0 atom stereocenters. The highest BCUT2D eigenvalue weighted by atomic mass is 16.5. The first-order valence-electron chi connectivity index (χ1n) is 4.58. The Morgan fingerprint density at radius 1 is 1.60 bits per heavy atom. The van der Waals surface area contributed by atoms with E-state index in [0.29, 0.717) is 19.0 Å². The lowest BCUT2D eigenvalue weighted by Gasteiger charge is -2.04. The average Bonchev–Trinajstić information content (AvgIpc) is 2.60. The lowest BCUT2D eigenvalue weighted by molar-refractivity contribution is 0.0596. The van der Waals surface area contributed by atoms with Crippen LogP contribution in [0.3, 0.4) is 0 Å². The van der Waals surface area contributed by atoms with Gasteiger partial charge in [0.25, 0.3) is 0 Å². The molecule has 6 heteroatoms. The molecule has 0 aliphatic carbocycles. The molecule has 1 heterocycles. The first-order valence-corrected chi connectivity index (χ1v) is 4.58. The first kappa shape index (κ1) is 11.5. The number of imidazole rings is 1. The Morgan fingerprint density at radius 3 is 2.93 bits per heavy atom. The van der Waals surface area contributed by atoms with Crippen molar-refractivity contribution in [3.8, 4) is 0 Å². The molecular formula is C9H15N3O3. The van der Waals surface area contributed by atoms with Crippen molar-refractivity contribution in [3.05, 3.63) is 12.0 Å². The topological polar surface area (TPSA) is 79.4 Å². The van der Waals surface area contributed by atoms with Crippen molar-refractivity contribution in [2.45, 2.75) is 13.0 Å². The summed E-state index contributed by atoms with van der Waals surface area (Å²) in [5.41, 5.74) is 5.88. The van der Waals surface area contributed by atoms with Gasteiger partial charge < -0.3 is 19.8 Å². The molecule has 2 N–H and O–H groups in total. The van der Waals surface area contributed by atoms with Crippen LogP contribution in [0.25, 0.3) is 0 Å². The molecule has 1 aromatic rings. The Kier molecular flexibility index (Phi) is 4.11. The van der Waals surface area contributed by atoms with Gasteiger partial charge in [0.05, 0.1) is 13.4 Å². The minimum atomic E-state index is -0.516. The second kappa shape index (κ2) is 5.35. The van der Waals surface area contributed by atoms with Crippen molar-refractivity contribution in [1.29, 1.82) is 0 Å². The van der Waals surface area contributed by atoms with Crippen molar-refractivity contribution in [2.75, 3.05) is 26.6 Å². The monoisotopic (exact) mass is 213 g/mol. The smallest absolute Gasteiger partial charge is 0.360 e. The summed E-state index contributed by atoms with van der Waals surface area (Å²) in [6.07, 6.45) is 2.34. The van der Waals surface area contributed by atoms with Crippen LogP contribution in [0.4, 0.5) is 5.82 Å². The van der Waals surface area contributed by atoms with Gasteiger partial charge in [-0.1, -0.05) is 0 Å². The molecule has 0 aromatic carbocycles. The number of nitrogens with zero attached hydrogens (tertiary/aromatic N) is 2. The van der Waals surface area contributed by atoms with Gasteiger partial charge >= 0.3 is 5.97 Å². The molecule has 0 saturated heterocycles.